The molecular formula is C68H105N11O15. The number of aliphatic hydroxyl groups excluding tert-OH is 1. The van der Waals surface area contributed by atoms with Crippen molar-refractivity contribution in [2.45, 2.75) is 201 Å². The molecule has 1 fully saturated rings. The van der Waals surface area contributed by atoms with Gasteiger partial charge >= 0.3 is 12.1 Å². The summed E-state index contributed by atoms with van der Waals surface area (Å²) in [5, 5.41) is 27.6. The molecule has 4 rings (SSSR count). The molecule has 0 bridgehead atoms. The Morgan fingerprint density at radius 2 is 1.35 bits per heavy atom. The van der Waals surface area contributed by atoms with Crippen molar-refractivity contribution in [2.24, 2.45) is 35.3 Å². The zero-order chi connectivity index (χ0) is 70.1. The standard InChI is InChI=1S/C68H105N11O15/c1-15-43(8)59(51(92-13)38-55(83)78-37-23-27-50(78)61(93-14)44(9)62(85)71-45(10)60(84)47-24-18-16-19-25-47)76(11)66(89)57(41(4)5)75-65(88)58(42(6)7)77(12)68(91)94-39-46-29-31-48(32-30-46)72-63(86)49(26-22-35-70-67(69)90)73-64(87)56(40(2)3)74-52(80)28-20-17-21-36-79-53(81)33-34-54(79)82/h16,18-19,24-25,29-34,40-45,49-51,56-61,84H,15,17,20-23,26-28,35-39H2,1-14H3,(H,71,85)(H,72,86)(H,73,87)(H,74,80)(H,75,88)(H3,69,70,90)/t43-,44+,45+,49+,50-,51-,56+,57-,58?,59-,60+,61+/m0/s1. The van der Waals surface area contributed by atoms with E-state index in [1.807, 2.05) is 32.0 Å². The number of carbonyl (C=O) groups excluding carboxylic acids is 11. The average molecular weight is 1320 g/mol. The van der Waals surface area contributed by atoms with Crippen molar-refractivity contribution in [1.82, 2.24) is 46.2 Å². The molecule has 26 nitrogen and oxygen atoms in total. The number of likely N-dealkylation sites (N-methyl/N-ethyl adjacent to an activating group) is 2. The van der Waals surface area contributed by atoms with E-state index >= 15 is 0 Å². The van der Waals surface area contributed by atoms with E-state index in [0.29, 0.717) is 61.9 Å². The predicted molar refractivity (Wildman–Crippen MR) is 353 cm³/mol. The monoisotopic (exact) mass is 1320 g/mol. The highest BCUT2D eigenvalue weighted by Crippen LogP contribution is 2.31. The SMILES string of the molecule is CC[C@H](C)[C@@H]([C@H](CC(=O)N1CCC[C@H]1[C@H](OC)[C@@H](C)C(=O)N[C@H](C)[C@@H](O)c1ccccc1)OC)N(C)C(=O)[C@@H](NC(=O)C(C(C)C)N(C)C(=O)OCc1ccc(NC(=O)[C@@H](CCCNC(N)=O)NC(=O)[C@H](NC(=O)CCCCCN2C(=O)C=CC2=O)C(C)C)cc1)C(C)C. The lowest BCUT2D eigenvalue weighted by atomic mass is 9.89. The molecule has 522 valence electrons. The molecule has 9 N–H and O–H groups in total. The molecule has 2 aliphatic rings. The Balaban J connectivity index is 1.37. The van der Waals surface area contributed by atoms with Crippen LogP contribution in [-0.4, -0.2) is 192 Å². The van der Waals surface area contributed by atoms with Crippen LogP contribution in [0, 0.1) is 29.6 Å². The third-order valence-corrected chi connectivity index (χ3v) is 17.7. The molecule has 0 aromatic heterocycles. The summed E-state index contributed by atoms with van der Waals surface area (Å²) in [6.07, 6.45) is 2.94. The summed E-state index contributed by atoms with van der Waals surface area (Å²) < 4.78 is 17.7. The van der Waals surface area contributed by atoms with Crippen LogP contribution in [0.1, 0.15) is 151 Å². The number of hydrogen-bond acceptors (Lipinski definition) is 15. The Morgan fingerprint density at radius 3 is 1.93 bits per heavy atom. The number of benzene rings is 2. The van der Waals surface area contributed by atoms with Gasteiger partial charge in [0.1, 0.15) is 30.8 Å². The lowest BCUT2D eigenvalue weighted by molar-refractivity contribution is -0.148. The lowest BCUT2D eigenvalue weighted by Crippen LogP contribution is -2.60. The van der Waals surface area contributed by atoms with Gasteiger partial charge in [-0.1, -0.05) is 118 Å². The summed E-state index contributed by atoms with van der Waals surface area (Å²) in [6, 6.07) is 8.74. The third-order valence-electron chi connectivity index (χ3n) is 17.7. The largest absolute Gasteiger partial charge is 0.445 e. The summed E-state index contributed by atoms with van der Waals surface area (Å²) in [4.78, 5) is 152. The number of urea groups is 1. The molecule has 0 radical (unpaired) electrons. The van der Waals surface area contributed by atoms with Gasteiger partial charge in [-0.15, -0.1) is 0 Å². The normalized spacial score (nSPS) is 17.4. The van der Waals surface area contributed by atoms with Gasteiger partial charge < -0.3 is 66.8 Å². The second-order valence-electron chi connectivity index (χ2n) is 25.8. The summed E-state index contributed by atoms with van der Waals surface area (Å²) >= 11 is 0. The van der Waals surface area contributed by atoms with Gasteiger partial charge in [0.25, 0.3) is 11.8 Å². The molecule has 12 atom stereocenters. The number of primary amides is 1. The number of anilines is 1. The number of ether oxygens (including phenoxy) is 3. The van der Waals surface area contributed by atoms with Crippen molar-refractivity contribution in [3.8, 4) is 0 Å². The van der Waals surface area contributed by atoms with Crippen LogP contribution in [0.5, 0.6) is 0 Å². The second-order valence-corrected chi connectivity index (χ2v) is 25.8. The molecule has 12 amide bonds. The number of unbranched alkanes of at least 4 members (excludes halogenated alkanes) is 2. The van der Waals surface area contributed by atoms with Crippen molar-refractivity contribution in [3.05, 3.63) is 77.9 Å². The minimum atomic E-state index is -1.11. The van der Waals surface area contributed by atoms with E-state index in [1.54, 1.807) is 109 Å². The third kappa shape index (κ3) is 22.9. The van der Waals surface area contributed by atoms with E-state index in [0.717, 1.165) is 4.90 Å². The highest BCUT2D eigenvalue weighted by Gasteiger charge is 2.44. The Morgan fingerprint density at radius 1 is 0.713 bits per heavy atom. The van der Waals surface area contributed by atoms with E-state index < -0.39 is 114 Å². The summed E-state index contributed by atoms with van der Waals surface area (Å²) in [5.41, 5.74) is 6.77. The van der Waals surface area contributed by atoms with Crippen molar-refractivity contribution >= 4 is 71.0 Å². The van der Waals surface area contributed by atoms with Crippen LogP contribution < -0.4 is 37.6 Å². The first-order valence-electron chi connectivity index (χ1n) is 32.9. The Bertz CT molecular complexity index is 2880. The quantitative estimate of drug-likeness (QED) is 0.0321. The smallest absolute Gasteiger partial charge is 0.410 e. The van der Waals surface area contributed by atoms with Gasteiger partial charge in [-0.3, -0.25) is 53.0 Å². The van der Waals surface area contributed by atoms with E-state index in [9.17, 15) is 57.8 Å². The van der Waals surface area contributed by atoms with Crippen LogP contribution >= 0.6 is 0 Å². The highest BCUT2D eigenvalue weighted by atomic mass is 16.6. The van der Waals surface area contributed by atoms with Gasteiger partial charge in [-0.25, -0.2) is 9.59 Å². The molecule has 0 spiro atoms. The average Bonchev–Trinajstić information content (AvgIpc) is 1.33. The minimum Gasteiger partial charge on any atom is -0.445 e. The number of aliphatic hydroxyl groups is 1. The van der Waals surface area contributed by atoms with Crippen LogP contribution in [0.15, 0.2) is 66.7 Å². The fraction of sp³-hybridized carbons (Fsp3) is 0.632. The molecule has 94 heavy (non-hydrogen) atoms. The molecule has 2 aromatic rings. The molecule has 2 heterocycles. The maximum atomic E-state index is 14.8. The number of hydrogen-bond donors (Lipinski definition) is 8. The molecule has 1 unspecified atom stereocenters. The van der Waals surface area contributed by atoms with Gasteiger partial charge in [0, 0.05) is 72.2 Å². The van der Waals surface area contributed by atoms with Gasteiger partial charge in [-0.2, -0.15) is 0 Å². The first kappa shape index (κ1) is 78.5. The number of methoxy groups -OCH3 is 2. The zero-order valence-corrected chi connectivity index (χ0v) is 57.4. The maximum Gasteiger partial charge on any atom is 0.410 e. The van der Waals surface area contributed by atoms with Gasteiger partial charge in [0.05, 0.1) is 48.8 Å². The Hall–Kier alpha value is -7.97. The van der Waals surface area contributed by atoms with Crippen molar-refractivity contribution in [3.63, 3.8) is 0 Å². The number of nitrogens with zero attached hydrogens (tertiary/aromatic N) is 4. The van der Waals surface area contributed by atoms with Gasteiger partial charge in [0.15, 0.2) is 0 Å². The molecule has 0 saturated carbocycles. The van der Waals surface area contributed by atoms with E-state index in [2.05, 4.69) is 31.9 Å². The fourth-order valence-corrected chi connectivity index (χ4v) is 12.1. The van der Waals surface area contributed by atoms with Crippen LogP contribution in [0.4, 0.5) is 15.3 Å². The number of amides is 12. The second kappa shape index (κ2) is 38.4. The lowest BCUT2D eigenvalue weighted by Gasteiger charge is -2.41. The molecular weight excluding hydrogens is 1210 g/mol. The van der Waals surface area contributed by atoms with Crippen LogP contribution in [0.25, 0.3) is 0 Å². The number of nitrogens with one attached hydrogen (secondary N) is 6. The molecule has 2 aromatic carbocycles. The van der Waals surface area contributed by atoms with Crippen molar-refractivity contribution < 1.29 is 72.1 Å². The van der Waals surface area contributed by atoms with E-state index in [4.69, 9.17) is 19.9 Å². The first-order chi connectivity index (χ1) is 44.5. The van der Waals surface area contributed by atoms with Crippen molar-refractivity contribution in [2.75, 3.05) is 53.3 Å². The molecule has 0 aliphatic carbocycles. The maximum absolute atomic E-state index is 14.8. The van der Waals surface area contributed by atoms with E-state index in [-0.39, 0.29) is 86.8 Å². The van der Waals surface area contributed by atoms with Crippen molar-refractivity contribution in [1.29, 1.82) is 0 Å². The zero-order valence-electron chi connectivity index (χ0n) is 57.4. The first-order valence-corrected chi connectivity index (χ1v) is 32.9. The molecule has 1 saturated heterocycles. The van der Waals surface area contributed by atoms with Gasteiger partial charge in [-0.05, 0) is 92.4 Å². The van der Waals surface area contributed by atoms with Crippen LogP contribution in [-0.2, 0) is 64.0 Å². The summed E-state index contributed by atoms with van der Waals surface area (Å²) in [6.45, 7) is 18.6. The summed E-state index contributed by atoms with van der Waals surface area (Å²) in [5.74, 6) is -6.02. The Labute approximate surface area is 554 Å². The molecule has 2 aliphatic heterocycles. The number of nitrogens with two attached hydrogens (primary N) is 1. The summed E-state index contributed by atoms with van der Waals surface area (Å²) in [7, 11) is 6.08. The number of likely N-dealkylation sites (tertiary alicyclic amines) is 1. The highest BCUT2D eigenvalue weighted by molar-refractivity contribution is 6.12. The molecule has 26 heteroatoms. The number of imide groups is 1. The van der Waals surface area contributed by atoms with Crippen LogP contribution in [0.2, 0.25) is 0 Å². The van der Waals surface area contributed by atoms with Crippen LogP contribution in [0.3, 0.4) is 0 Å². The predicted octanol–water partition coefficient (Wildman–Crippen LogP) is 5.08. The number of carbonyl (C=O) groups is 11. The number of rotatable bonds is 38. The van der Waals surface area contributed by atoms with E-state index in [1.165, 1.54) is 38.3 Å². The van der Waals surface area contributed by atoms with Gasteiger partial charge in [0.2, 0.25) is 41.4 Å². The fourth-order valence-electron chi connectivity index (χ4n) is 12.1. The minimum absolute atomic E-state index is 0.0841. The topological polar surface area (TPSA) is 347 Å². The Kier molecular flexibility index (Phi) is 32.1.